The molecule has 2 heterocycles. The first-order valence-corrected chi connectivity index (χ1v) is 10.2. The number of ketones is 1. The van der Waals surface area contributed by atoms with Crippen molar-refractivity contribution in [1.82, 2.24) is 4.57 Å². The first-order valence-electron chi connectivity index (χ1n) is 9.67. The van der Waals surface area contributed by atoms with Crippen LogP contribution in [0.3, 0.4) is 0 Å². The number of allylic oxidation sites excluding steroid dienone is 1. The number of Topliss-reactive ketones (excluding diaryl/α,β-unsaturated/α-hetero) is 1. The fraction of sp³-hybridized carbons (Fsp3) is 0.261. The summed E-state index contributed by atoms with van der Waals surface area (Å²) >= 11 is 5.84. The number of phenols is 2. The zero-order valence-corrected chi connectivity index (χ0v) is 17.5. The van der Waals surface area contributed by atoms with E-state index in [1.54, 1.807) is 13.2 Å². The second-order valence-electron chi connectivity index (χ2n) is 7.21. The molecule has 0 aliphatic carbocycles. The summed E-state index contributed by atoms with van der Waals surface area (Å²) in [6.45, 7) is 2.80. The molecular weight excluding hydrogens is 406 g/mol. The minimum Gasteiger partial charge on any atom is -0.508 e. The lowest BCUT2D eigenvalue weighted by molar-refractivity contribution is 0.101. The van der Waals surface area contributed by atoms with E-state index in [1.165, 1.54) is 6.07 Å². The van der Waals surface area contributed by atoms with Crippen LogP contribution in [0.15, 0.2) is 36.1 Å². The van der Waals surface area contributed by atoms with E-state index < -0.39 is 5.78 Å². The molecule has 4 rings (SSSR count). The normalized spacial score (nSPS) is 14.4. The van der Waals surface area contributed by atoms with E-state index in [0.717, 1.165) is 47.6 Å². The summed E-state index contributed by atoms with van der Waals surface area (Å²) in [6.07, 6.45) is 3.53. The number of hydrogen-bond donors (Lipinski definition) is 2. The van der Waals surface area contributed by atoms with E-state index in [9.17, 15) is 15.0 Å². The second kappa shape index (κ2) is 7.95. The monoisotopic (exact) mass is 427 g/mol. The Morgan fingerprint density at radius 2 is 2.00 bits per heavy atom. The quantitative estimate of drug-likeness (QED) is 0.328. The van der Waals surface area contributed by atoms with Crippen molar-refractivity contribution < 1.29 is 24.5 Å². The largest absolute Gasteiger partial charge is 0.508 e. The SMILES string of the molecule is COc1ccc2c(c1)c(C=C1Oc3cc(O)cc(O)c3C1=O)c(C)n2CCCCCl. The number of phenolic OH excluding ortho intramolecular Hbond substituents is 2. The Balaban J connectivity index is 1.83. The number of halogens is 1. The number of fused-ring (bicyclic) bond motifs is 2. The van der Waals surface area contributed by atoms with E-state index >= 15 is 0 Å². The standard InChI is InChI=1S/C23H22ClNO5/c1-13-16(12-21-23(28)22-19(27)9-14(26)10-20(22)30-21)17-11-15(29-2)5-6-18(17)25(13)8-4-3-7-24/h5-6,9-12,26-27H,3-4,7-8H2,1-2H3. The molecule has 0 bridgehead atoms. The van der Waals surface area contributed by atoms with Crippen LogP contribution < -0.4 is 9.47 Å². The molecule has 0 atom stereocenters. The number of alkyl halides is 1. The minimum absolute atomic E-state index is 0.0557. The lowest BCUT2D eigenvalue weighted by Crippen LogP contribution is -2.02. The van der Waals surface area contributed by atoms with Crippen molar-refractivity contribution in [2.45, 2.75) is 26.3 Å². The fourth-order valence-electron chi connectivity index (χ4n) is 3.86. The molecule has 0 amide bonds. The molecule has 2 N–H and O–H groups in total. The Morgan fingerprint density at radius 1 is 1.20 bits per heavy atom. The van der Waals surface area contributed by atoms with Crippen molar-refractivity contribution >= 4 is 34.4 Å². The molecule has 7 heteroatoms. The van der Waals surface area contributed by atoms with Gasteiger partial charge in [-0.05, 0) is 44.0 Å². The number of aromatic nitrogens is 1. The van der Waals surface area contributed by atoms with E-state index in [0.29, 0.717) is 11.6 Å². The summed E-state index contributed by atoms with van der Waals surface area (Å²) in [4.78, 5) is 12.8. The molecule has 0 spiro atoms. The highest BCUT2D eigenvalue weighted by atomic mass is 35.5. The maximum atomic E-state index is 12.8. The maximum Gasteiger partial charge on any atom is 0.235 e. The van der Waals surface area contributed by atoms with Gasteiger partial charge in [-0.3, -0.25) is 4.79 Å². The van der Waals surface area contributed by atoms with Gasteiger partial charge >= 0.3 is 0 Å². The van der Waals surface area contributed by atoms with Gasteiger partial charge in [0, 0.05) is 46.7 Å². The number of unbranched alkanes of at least 4 members (excludes halogenated alkanes) is 1. The van der Waals surface area contributed by atoms with Gasteiger partial charge in [0.2, 0.25) is 5.78 Å². The van der Waals surface area contributed by atoms with Crippen LogP contribution in [-0.4, -0.2) is 33.6 Å². The molecule has 30 heavy (non-hydrogen) atoms. The number of rotatable bonds is 6. The number of ether oxygens (including phenoxy) is 2. The van der Waals surface area contributed by atoms with Crippen molar-refractivity contribution in [3.63, 3.8) is 0 Å². The molecule has 1 aliphatic rings. The number of aryl methyl sites for hydroxylation is 1. The Hall–Kier alpha value is -3.12. The van der Waals surface area contributed by atoms with Crippen molar-refractivity contribution in [3.05, 3.63) is 52.9 Å². The minimum atomic E-state index is -0.423. The Bertz CT molecular complexity index is 1180. The number of carbonyl (C=O) groups excluding carboxylic acids is 1. The number of methoxy groups -OCH3 is 1. The molecule has 1 aliphatic heterocycles. The van der Waals surface area contributed by atoms with Gasteiger partial charge in [-0.1, -0.05) is 0 Å². The van der Waals surface area contributed by atoms with Gasteiger partial charge in [-0.25, -0.2) is 0 Å². The number of benzene rings is 2. The predicted octanol–water partition coefficient (Wildman–Crippen LogP) is 5.00. The average molecular weight is 428 g/mol. The topological polar surface area (TPSA) is 80.9 Å². The molecular formula is C23H22ClNO5. The van der Waals surface area contributed by atoms with Crippen LogP contribution in [0.1, 0.15) is 34.5 Å². The molecule has 0 saturated carbocycles. The van der Waals surface area contributed by atoms with Gasteiger partial charge < -0.3 is 24.3 Å². The van der Waals surface area contributed by atoms with Crippen LogP contribution in [0.2, 0.25) is 0 Å². The van der Waals surface area contributed by atoms with Crippen LogP contribution in [-0.2, 0) is 6.54 Å². The van der Waals surface area contributed by atoms with E-state index in [-0.39, 0.29) is 28.6 Å². The summed E-state index contributed by atoms with van der Waals surface area (Å²) in [6, 6.07) is 8.29. The summed E-state index contributed by atoms with van der Waals surface area (Å²) < 4.78 is 13.3. The van der Waals surface area contributed by atoms with Gasteiger partial charge in [0.05, 0.1) is 7.11 Å². The van der Waals surface area contributed by atoms with Crippen molar-refractivity contribution in [3.8, 4) is 23.0 Å². The molecule has 0 unspecified atom stereocenters. The van der Waals surface area contributed by atoms with Gasteiger partial charge in [0.25, 0.3) is 0 Å². The van der Waals surface area contributed by atoms with Crippen LogP contribution in [0.25, 0.3) is 17.0 Å². The number of hydrogen-bond acceptors (Lipinski definition) is 5. The molecule has 3 aromatic rings. The smallest absolute Gasteiger partial charge is 0.235 e. The van der Waals surface area contributed by atoms with Gasteiger partial charge in [-0.15, -0.1) is 11.6 Å². The third-order valence-electron chi connectivity index (χ3n) is 5.36. The highest BCUT2D eigenvalue weighted by Crippen LogP contribution is 2.41. The zero-order chi connectivity index (χ0) is 21.4. The number of aromatic hydroxyl groups is 2. The fourth-order valence-corrected chi connectivity index (χ4v) is 4.05. The molecule has 0 fully saturated rings. The van der Waals surface area contributed by atoms with E-state index in [1.807, 2.05) is 25.1 Å². The Labute approximate surface area is 178 Å². The van der Waals surface area contributed by atoms with Crippen LogP contribution in [0.4, 0.5) is 0 Å². The third kappa shape index (κ3) is 3.37. The zero-order valence-electron chi connectivity index (χ0n) is 16.7. The number of carbonyl (C=O) groups is 1. The molecule has 0 radical (unpaired) electrons. The third-order valence-corrected chi connectivity index (χ3v) is 5.62. The first kappa shape index (κ1) is 20.2. The molecule has 1 aromatic heterocycles. The van der Waals surface area contributed by atoms with Crippen LogP contribution in [0, 0.1) is 6.92 Å². The van der Waals surface area contributed by atoms with Gasteiger partial charge in [0.15, 0.2) is 5.76 Å². The molecule has 156 valence electrons. The second-order valence-corrected chi connectivity index (χ2v) is 7.59. The lowest BCUT2D eigenvalue weighted by atomic mass is 10.1. The highest BCUT2D eigenvalue weighted by molar-refractivity contribution is 6.18. The Morgan fingerprint density at radius 3 is 2.73 bits per heavy atom. The maximum absolute atomic E-state index is 12.8. The van der Waals surface area contributed by atoms with Gasteiger partial charge in [-0.2, -0.15) is 0 Å². The van der Waals surface area contributed by atoms with Crippen molar-refractivity contribution in [1.29, 1.82) is 0 Å². The van der Waals surface area contributed by atoms with Crippen molar-refractivity contribution in [2.75, 3.05) is 13.0 Å². The molecule has 0 saturated heterocycles. The Kier molecular flexibility index (Phi) is 5.35. The van der Waals surface area contributed by atoms with E-state index in [2.05, 4.69) is 4.57 Å². The molecule has 2 aromatic carbocycles. The average Bonchev–Trinajstić information content (AvgIpc) is 3.16. The summed E-state index contributed by atoms with van der Waals surface area (Å²) in [5.41, 5.74) is 2.91. The highest BCUT2D eigenvalue weighted by Gasteiger charge is 2.32. The summed E-state index contributed by atoms with van der Waals surface area (Å²) in [5.74, 6) is 0.663. The van der Waals surface area contributed by atoms with Gasteiger partial charge in [0.1, 0.15) is 28.6 Å². The van der Waals surface area contributed by atoms with Crippen molar-refractivity contribution in [2.24, 2.45) is 0 Å². The predicted molar refractivity (Wildman–Crippen MR) is 116 cm³/mol. The number of nitrogens with zero attached hydrogens (tertiary/aromatic N) is 1. The van der Waals surface area contributed by atoms with Crippen LogP contribution >= 0.6 is 11.6 Å². The summed E-state index contributed by atoms with van der Waals surface area (Å²) in [5, 5.41) is 20.7. The molecule has 6 nitrogen and oxygen atoms in total. The van der Waals surface area contributed by atoms with Crippen LogP contribution in [0.5, 0.6) is 23.0 Å². The van der Waals surface area contributed by atoms with E-state index in [4.69, 9.17) is 21.1 Å². The lowest BCUT2D eigenvalue weighted by Gasteiger charge is -2.08. The first-order chi connectivity index (χ1) is 14.4. The summed E-state index contributed by atoms with van der Waals surface area (Å²) in [7, 11) is 1.61.